The van der Waals surface area contributed by atoms with Gasteiger partial charge in [0.15, 0.2) is 0 Å². The molecule has 1 aliphatic carbocycles. The van der Waals surface area contributed by atoms with Crippen LogP contribution in [-0.2, 0) is 0 Å². The quantitative estimate of drug-likeness (QED) is 0.421. The highest BCUT2D eigenvalue weighted by atomic mass is 127. The van der Waals surface area contributed by atoms with E-state index >= 15 is 0 Å². The van der Waals surface area contributed by atoms with Crippen LogP contribution in [0.15, 0.2) is 9.98 Å². The molecule has 68 valence electrons. The molecule has 2 atom stereocenters. The lowest BCUT2D eigenvalue weighted by molar-refractivity contribution is 0.383. The third-order valence-electron chi connectivity index (χ3n) is 2.24. The van der Waals surface area contributed by atoms with E-state index in [1.165, 1.54) is 25.7 Å². The Balaban J connectivity index is 2.27. The van der Waals surface area contributed by atoms with Crippen molar-refractivity contribution in [2.75, 3.05) is 13.6 Å². The van der Waals surface area contributed by atoms with Crippen LogP contribution in [-0.4, -0.2) is 23.5 Å². The normalized spacial score (nSPS) is 29.2. The maximum absolute atomic E-state index is 4.13. The molecule has 0 spiro atoms. The lowest BCUT2D eigenvalue weighted by Gasteiger charge is -2.23. The van der Waals surface area contributed by atoms with Crippen molar-refractivity contribution >= 4 is 28.6 Å². The van der Waals surface area contributed by atoms with E-state index in [0.29, 0.717) is 0 Å². The lowest BCUT2D eigenvalue weighted by atomic mass is 9.89. The first kappa shape index (κ1) is 10.2. The Hall–Kier alpha value is 0.110. The third-order valence-corrected chi connectivity index (χ3v) is 3.37. The minimum Gasteiger partial charge on any atom is -0.229 e. The Morgan fingerprint density at radius 2 is 2.33 bits per heavy atom. The lowest BCUT2D eigenvalue weighted by Crippen LogP contribution is -2.17. The minimum absolute atomic E-state index is 0.787. The summed E-state index contributed by atoms with van der Waals surface area (Å²) in [6, 6.07) is 2.66. The first-order valence-electron chi connectivity index (χ1n) is 4.47. The molecule has 0 radical (unpaired) electrons. The van der Waals surface area contributed by atoms with Crippen molar-refractivity contribution in [2.24, 2.45) is 15.9 Å². The molecule has 0 heterocycles. The highest BCUT2D eigenvalue weighted by molar-refractivity contribution is 14.1. The number of aliphatic imine (C=N–C) groups is 2. The van der Waals surface area contributed by atoms with Crippen LogP contribution in [0, 0.1) is 5.92 Å². The van der Waals surface area contributed by atoms with Gasteiger partial charge in [-0.2, -0.15) is 0 Å². The summed E-state index contributed by atoms with van der Waals surface area (Å²) in [5.74, 6) is 0.787. The Kier molecular flexibility index (Phi) is 4.84. The van der Waals surface area contributed by atoms with Gasteiger partial charge in [-0.05, 0) is 25.2 Å². The zero-order valence-corrected chi connectivity index (χ0v) is 9.62. The average molecular weight is 278 g/mol. The molecule has 0 aliphatic heterocycles. The van der Waals surface area contributed by atoms with Crippen molar-refractivity contribution in [3.8, 4) is 0 Å². The minimum atomic E-state index is 0.787. The maximum atomic E-state index is 4.13. The molecule has 0 amide bonds. The van der Waals surface area contributed by atoms with E-state index in [-0.39, 0.29) is 0 Å². The zero-order chi connectivity index (χ0) is 8.81. The summed E-state index contributed by atoms with van der Waals surface area (Å²) >= 11 is 2.55. The second-order valence-electron chi connectivity index (χ2n) is 3.29. The van der Waals surface area contributed by atoms with E-state index in [4.69, 9.17) is 0 Å². The summed E-state index contributed by atoms with van der Waals surface area (Å²) in [5, 5.41) is 0. The van der Waals surface area contributed by atoms with Crippen LogP contribution in [0.25, 0.3) is 0 Å². The summed E-state index contributed by atoms with van der Waals surface area (Å²) in [6.07, 6.45) is 5.43. The highest BCUT2D eigenvalue weighted by Gasteiger charge is 2.18. The standard InChI is InChI=1S/C9H15IN2/c1-11-7-12-6-8-3-2-4-9(10)5-8/h8-9H,2-6H2,1H3. The number of rotatable bonds is 2. The van der Waals surface area contributed by atoms with E-state index in [1.807, 2.05) is 0 Å². The fraction of sp³-hybridized carbons (Fsp3) is 0.889. The van der Waals surface area contributed by atoms with E-state index in [2.05, 4.69) is 38.6 Å². The molecule has 1 fully saturated rings. The van der Waals surface area contributed by atoms with Gasteiger partial charge in [0.2, 0.25) is 0 Å². The predicted octanol–water partition coefficient (Wildman–Crippen LogP) is 2.78. The van der Waals surface area contributed by atoms with Crippen LogP contribution >= 0.6 is 22.6 Å². The van der Waals surface area contributed by atoms with Gasteiger partial charge in [0.05, 0.1) is 12.6 Å². The van der Waals surface area contributed by atoms with E-state index in [1.54, 1.807) is 7.05 Å². The van der Waals surface area contributed by atoms with Crippen molar-refractivity contribution in [3.63, 3.8) is 0 Å². The fourth-order valence-electron chi connectivity index (χ4n) is 1.63. The summed E-state index contributed by atoms with van der Waals surface area (Å²) in [4.78, 5) is 7.85. The number of hydrogen-bond donors (Lipinski definition) is 0. The van der Waals surface area contributed by atoms with Gasteiger partial charge in [0, 0.05) is 11.0 Å². The van der Waals surface area contributed by atoms with Gasteiger partial charge >= 0.3 is 0 Å². The van der Waals surface area contributed by atoms with Gasteiger partial charge in [-0.3, -0.25) is 0 Å². The highest BCUT2D eigenvalue weighted by Crippen LogP contribution is 2.29. The van der Waals surface area contributed by atoms with Crippen LogP contribution in [0.2, 0.25) is 0 Å². The molecule has 1 aliphatic rings. The molecular formula is C9H15IN2. The van der Waals surface area contributed by atoms with Crippen molar-refractivity contribution < 1.29 is 0 Å². The van der Waals surface area contributed by atoms with E-state index in [9.17, 15) is 0 Å². The van der Waals surface area contributed by atoms with E-state index < -0.39 is 0 Å². The van der Waals surface area contributed by atoms with Gasteiger partial charge < -0.3 is 0 Å². The van der Waals surface area contributed by atoms with Crippen molar-refractivity contribution in [1.82, 2.24) is 0 Å². The summed E-state index contributed by atoms with van der Waals surface area (Å²) in [6.45, 7) is 0.927. The Labute approximate surface area is 87.7 Å². The summed E-state index contributed by atoms with van der Waals surface area (Å²) in [5.41, 5.74) is 0. The number of halogens is 1. The Bertz CT molecular complexity index is 185. The van der Waals surface area contributed by atoms with Crippen molar-refractivity contribution in [1.29, 1.82) is 0 Å². The SMILES string of the molecule is CN=C=NCC1CCCC(I)C1. The van der Waals surface area contributed by atoms with Crippen molar-refractivity contribution in [3.05, 3.63) is 0 Å². The average Bonchev–Trinajstić information content (AvgIpc) is 2.05. The first-order valence-corrected chi connectivity index (χ1v) is 5.72. The maximum Gasteiger partial charge on any atom is 0.0889 e. The van der Waals surface area contributed by atoms with Gasteiger partial charge in [0.25, 0.3) is 0 Å². The number of hydrogen-bond acceptors (Lipinski definition) is 2. The van der Waals surface area contributed by atoms with Gasteiger partial charge in [0.1, 0.15) is 0 Å². The molecule has 0 N–H and O–H groups in total. The Morgan fingerprint density at radius 1 is 1.50 bits per heavy atom. The summed E-state index contributed by atoms with van der Waals surface area (Å²) in [7, 11) is 1.71. The molecular weight excluding hydrogens is 263 g/mol. The molecule has 0 aromatic rings. The zero-order valence-electron chi connectivity index (χ0n) is 7.46. The topological polar surface area (TPSA) is 24.7 Å². The van der Waals surface area contributed by atoms with Gasteiger partial charge in [-0.15, -0.1) is 0 Å². The fourth-order valence-corrected chi connectivity index (χ4v) is 2.79. The second kappa shape index (κ2) is 5.70. The van der Waals surface area contributed by atoms with Gasteiger partial charge in [-0.25, -0.2) is 9.98 Å². The van der Waals surface area contributed by atoms with Crippen molar-refractivity contribution in [2.45, 2.75) is 29.6 Å². The monoisotopic (exact) mass is 278 g/mol. The second-order valence-corrected chi connectivity index (χ2v) is 5.06. The van der Waals surface area contributed by atoms with Crippen LogP contribution in [0.1, 0.15) is 25.7 Å². The smallest absolute Gasteiger partial charge is 0.0889 e. The predicted molar refractivity (Wildman–Crippen MR) is 60.4 cm³/mol. The largest absolute Gasteiger partial charge is 0.229 e. The van der Waals surface area contributed by atoms with Crippen LogP contribution < -0.4 is 0 Å². The molecule has 1 rings (SSSR count). The van der Waals surface area contributed by atoms with Gasteiger partial charge in [-0.1, -0.05) is 29.0 Å². The number of alkyl halides is 1. The molecule has 12 heavy (non-hydrogen) atoms. The molecule has 0 aromatic carbocycles. The van der Waals surface area contributed by atoms with Crippen LogP contribution in [0.4, 0.5) is 0 Å². The summed E-state index contributed by atoms with van der Waals surface area (Å²) < 4.78 is 0.870. The molecule has 0 bridgehead atoms. The molecule has 2 nitrogen and oxygen atoms in total. The molecule has 0 saturated heterocycles. The molecule has 1 saturated carbocycles. The molecule has 3 heteroatoms. The molecule has 0 aromatic heterocycles. The molecule has 2 unspecified atom stereocenters. The number of nitrogens with zero attached hydrogens (tertiary/aromatic N) is 2. The van der Waals surface area contributed by atoms with Crippen LogP contribution in [0.3, 0.4) is 0 Å². The first-order chi connectivity index (χ1) is 5.83. The van der Waals surface area contributed by atoms with E-state index in [0.717, 1.165) is 16.4 Å². The van der Waals surface area contributed by atoms with Crippen LogP contribution in [0.5, 0.6) is 0 Å². The Morgan fingerprint density at radius 3 is 3.00 bits per heavy atom. The third kappa shape index (κ3) is 3.68.